The molecule has 1 aromatic carbocycles. The lowest BCUT2D eigenvalue weighted by Crippen LogP contribution is -2.38. The molecule has 148 valence electrons. The Kier molecular flexibility index (Phi) is 9.89. The van der Waals surface area contributed by atoms with Gasteiger partial charge in [0.25, 0.3) is 0 Å². The number of halogens is 2. The van der Waals surface area contributed by atoms with Crippen molar-refractivity contribution in [2.75, 3.05) is 25.4 Å². The number of nitrogens with zero attached hydrogens (tertiary/aromatic N) is 1. The molecule has 0 radical (unpaired) electrons. The minimum atomic E-state index is -3.19. The van der Waals surface area contributed by atoms with Gasteiger partial charge in [0.15, 0.2) is 5.96 Å². The van der Waals surface area contributed by atoms with Gasteiger partial charge in [0.2, 0.25) is 10.0 Å². The SMILES string of the molecule is CCNC(=NCc1ccccc1OC(F)F)NCCCNS(=O)(=O)CC. The number of rotatable bonds is 11. The Morgan fingerprint density at radius 3 is 2.58 bits per heavy atom. The van der Waals surface area contributed by atoms with Gasteiger partial charge in [0.1, 0.15) is 5.75 Å². The Hall–Kier alpha value is -1.94. The summed E-state index contributed by atoms with van der Waals surface area (Å²) >= 11 is 0. The summed E-state index contributed by atoms with van der Waals surface area (Å²) in [5, 5.41) is 6.11. The summed E-state index contributed by atoms with van der Waals surface area (Å²) < 4.78 is 54.5. The summed E-state index contributed by atoms with van der Waals surface area (Å²) in [6.45, 7) is 2.22. The number of para-hydroxylation sites is 1. The van der Waals surface area contributed by atoms with Gasteiger partial charge in [-0.15, -0.1) is 0 Å². The normalized spacial score (nSPS) is 12.3. The van der Waals surface area contributed by atoms with Crippen LogP contribution in [-0.2, 0) is 16.6 Å². The van der Waals surface area contributed by atoms with Gasteiger partial charge in [0, 0.05) is 25.2 Å². The van der Waals surface area contributed by atoms with Gasteiger partial charge < -0.3 is 15.4 Å². The molecule has 0 aliphatic heterocycles. The van der Waals surface area contributed by atoms with Crippen LogP contribution in [0.5, 0.6) is 5.75 Å². The highest BCUT2D eigenvalue weighted by Gasteiger charge is 2.09. The Bertz CT molecular complexity index is 669. The van der Waals surface area contributed by atoms with Crippen LogP contribution in [0.4, 0.5) is 8.78 Å². The molecule has 0 unspecified atom stereocenters. The third kappa shape index (κ3) is 8.95. The zero-order chi connectivity index (χ0) is 19.4. The summed E-state index contributed by atoms with van der Waals surface area (Å²) in [6, 6.07) is 6.48. The van der Waals surface area contributed by atoms with Crippen LogP contribution in [0.2, 0.25) is 0 Å². The van der Waals surface area contributed by atoms with E-state index in [1.165, 1.54) is 6.07 Å². The second-order valence-electron chi connectivity index (χ2n) is 5.26. The fourth-order valence-electron chi connectivity index (χ4n) is 1.98. The summed E-state index contributed by atoms with van der Waals surface area (Å²) in [6.07, 6.45) is 0.578. The van der Waals surface area contributed by atoms with Gasteiger partial charge in [-0.1, -0.05) is 18.2 Å². The highest BCUT2D eigenvalue weighted by Crippen LogP contribution is 2.20. The van der Waals surface area contributed by atoms with Crippen LogP contribution in [0.25, 0.3) is 0 Å². The molecule has 0 heterocycles. The Balaban J connectivity index is 2.56. The monoisotopic (exact) mass is 392 g/mol. The molecule has 7 nitrogen and oxygen atoms in total. The molecule has 0 aromatic heterocycles. The number of nitrogens with one attached hydrogen (secondary N) is 3. The van der Waals surface area contributed by atoms with E-state index in [1.54, 1.807) is 25.1 Å². The van der Waals surface area contributed by atoms with Crippen LogP contribution >= 0.6 is 0 Å². The average molecular weight is 392 g/mol. The Morgan fingerprint density at radius 1 is 1.19 bits per heavy atom. The number of sulfonamides is 1. The van der Waals surface area contributed by atoms with E-state index in [9.17, 15) is 17.2 Å². The van der Waals surface area contributed by atoms with Crippen molar-refractivity contribution < 1.29 is 21.9 Å². The van der Waals surface area contributed by atoms with Crippen molar-refractivity contribution in [3.63, 3.8) is 0 Å². The first-order chi connectivity index (χ1) is 12.4. The highest BCUT2D eigenvalue weighted by molar-refractivity contribution is 7.89. The fourth-order valence-corrected chi connectivity index (χ4v) is 2.64. The molecule has 3 N–H and O–H groups in total. The van der Waals surface area contributed by atoms with E-state index in [0.29, 0.717) is 37.6 Å². The molecule has 10 heteroatoms. The van der Waals surface area contributed by atoms with Gasteiger partial charge >= 0.3 is 6.61 Å². The minimum absolute atomic E-state index is 0.0463. The van der Waals surface area contributed by atoms with Gasteiger partial charge in [-0.25, -0.2) is 18.1 Å². The van der Waals surface area contributed by atoms with Gasteiger partial charge in [-0.3, -0.25) is 0 Å². The van der Waals surface area contributed by atoms with Crippen molar-refractivity contribution in [3.8, 4) is 5.75 Å². The van der Waals surface area contributed by atoms with Gasteiger partial charge in [0.05, 0.1) is 12.3 Å². The van der Waals surface area contributed by atoms with E-state index >= 15 is 0 Å². The fraction of sp³-hybridized carbons (Fsp3) is 0.562. The largest absolute Gasteiger partial charge is 0.434 e. The number of hydrogen-bond acceptors (Lipinski definition) is 4. The van der Waals surface area contributed by atoms with E-state index in [0.717, 1.165) is 0 Å². The maximum Gasteiger partial charge on any atom is 0.387 e. The number of aliphatic imine (C=N–C) groups is 1. The van der Waals surface area contributed by atoms with Crippen molar-refractivity contribution in [1.29, 1.82) is 0 Å². The van der Waals surface area contributed by atoms with E-state index in [2.05, 4.69) is 25.1 Å². The van der Waals surface area contributed by atoms with Crippen LogP contribution in [-0.4, -0.2) is 46.4 Å². The molecule has 0 fully saturated rings. The molecule has 26 heavy (non-hydrogen) atoms. The van der Waals surface area contributed by atoms with Crippen molar-refractivity contribution in [2.24, 2.45) is 4.99 Å². The molecule has 1 rings (SSSR count). The summed E-state index contributed by atoms with van der Waals surface area (Å²) in [5.74, 6) is 0.652. The molecule has 1 aromatic rings. The summed E-state index contributed by atoms with van der Waals surface area (Å²) in [4.78, 5) is 4.35. The van der Waals surface area contributed by atoms with Crippen LogP contribution in [0.3, 0.4) is 0 Å². The molecule has 0 bridgehead atoms. The Labute approximate surface area is 153 Å². The smallest absolute Gasteiger partial charge is 0.387 e. The number of guanidine groups is 1. The standard InChI is InChI=1S/C16H26F2N4O3S/c1-3-19-16(20-10-7-11-22-26(23,24)4-2)21-12-13-8-5-6-9-14(13)25-15(17)18/h5-6,8-9,15,22H,3-4,7,10-12H2,1-2H3,(H2,19,20,21). The molecule has 0 spiro atoms. The number of alkyl halides is 2. The van der Waals surface area contributed by atoms with Crippen molar-refractivity contribution >= 4 is 16.0 Å². The molecule has 0 amide bonds. The first-order valence-corrected chi connectivity index (χ1v) is 10.1. The number of ether oxygens (including phenoxy) is 1. The van der Waals surface area contributed by atoms with E-state index in [1.807, 2.05) is 6.92 Å². The molecule has 0 saturated heterocycles. The summed E-state index contributed by atoms with van der Waals surface area (Å²) in [7, 11) is -3.19. The number of benzene rings is 1. The lowest BCUT2D eigenvalue weighted by molar-refractivity contribution is -0.0504. The van der Waals surface area contributed by atoms with Crippen LogP contribution in [0.1, 0.15) is 25.8 Å². The molecule has 0 saturated carbocycles. The average Bonchev–Trinajstić information content (AvgIpc) is 2.60. The van der Waals surface area contributed by atoms with Gasteiger partial charge in [-0.05, 0) is 26.3 Å². The third-order valence-electron chi connectivity index (χ3n) is 3.29. The lowest BCUT2D eigenvalue weighted by atomic mass is 10.2. The van der Waals surface area contributed by atoms with Gasteiger partial charge in [-0.2, -0.15) is 8.78 Å². The first kappa shape index (κ1) is 22.1. The second kappa shape index (κ2) is 11.6. The number of hydrogen-bond donors (Lipinski definition) is 3. The lowest BCUT2D eigenvalue weighted by Gasteiger charge is -2.13. The quantitative estimate of drug-likeness (QED) is 0.303. The van der Waals surface area contributed by atoms with Crippen molar-refractivity contribution in [3.05, 3.63) is 29.8 Å². The van der Waals surface area contributed by atoms with E-state index in [4.69, 9.17) is 0 Å². The summed E-state index contributed by atoms with van der Waals surface area (Å²) in [5.41, 5.74) is 0.542. The highest BCUT2D eigenvalue weighted by atomic mass is 32.2. The Morgan fingerprint density at radius 2 is 1.92 bits per heavy atom. The zero-order valence-corrected chi connectivity index (χ0v) is 15.8. The van der Waals surface area contributed by atoms with E-state index < -0.39 is 16.6 Å². The predicted molar refractivity (Wildman–Crippen MR) is 98.0 cm³/mol. The maximum absolute atomic E-state index is 12.4. The molecule has 0 atom stereocenters. The first-order valence-electron chi connectivity index (χ1n) is 8.40. The van der Waals surface area contributed by atoms with Crippen molar-refractivity contribution in [1.82, 2.24) is 15.4 Å². The molecule has 0 aliphatic carbocycles. The van der Waals surface area contributed by atoms with E-state index in [-0.39, 0.29) is 18.0 Å². The van der Waals surface area contributed by atoms with Crippen LogP contribution in [0, 0.1) is 0 Å². The molecular formula is C16H26F2N4O3S. The molecule has 0 aliphatic rings. The van der Waals surface area contributed by atoms with Crippen molar-refractivity contribution in [2.45, 2.75) is 33.4 Å². The van der Waals surface area contributed by atoms with Crippen LogP contribution < -0.4 is 20.1 Å². The maximum atomic E-state index is 12.4. The zero-order valence-electron chi connectivity index (χ0n) is 15.0. The topological polar surface area (TPSA) is 91.8 Å². The second-order valence-corrected chi connectivity index (χ2v) is 7.36. The predicted octanol–water partition coefficient (Wildman–Crippen LogP) is 1.67. The van der Waals surface area contributed by atoms with Crippen LogP contribution in [0.15, 0.2) is 29.3 Å². The third-order valence-corrected chi connectivity index (χ3v) is 4.69. The molecular weight excluding hydrogens is 366 g/mol. The minimum Gasteiger partial charge on any atom is -0.434 e.